The third-order valence-corrected chi connectivity index (χ3v) is 3.32. The SMILES string of the molecule is CNC(C(C)C)C1CCC(F)(F)CC1. The maximum absolute atomic E-state index is 12.9. The molecule has 1 nitrogen and oxygen atoms in total. The largest absolute Gasteiger partial charge is 0.316 e. The summed E-state index contributed by atoms with van der Waals surface area (Å²) in [5.41, 5.74) is 0. The van der Waals surface area contributed by atoms with Crippen LogP contribution in [0.4, 0.5) is 8.78 Å². The van der Waals surface area contributed by atoms with Crippen molar-refractivity contribution in [1.82, 2.24) is 5.32 Å². The second-order valence-corrected chi connectivity index (χ2v) is 4.75. The van der Waals surface area contributed by atoms with E-state index in [1.54, 1.807) is 0 Å². The second kappa shape index (κ2) is 4.56. The minimum atomic E-state index is -2.40. The number of alkyl halides is 2. The lowest BCUT2D eigenvalue weighted by Crippen LogP contribution is -2.41. The van der Waals surface area contributed by atoms with E-state index in [1.807, 2.05) is 7.05 Å². The molecule has 1 N–H and O–H groups in total. The van der Waals surface area contributed by atoms with Crippen molar-refractivity contribution < 1.29 is 8.78 Å². The fraction of sp³-hybridized carbons (Fsp3) is 1.00. The molecule has 0 spiro atoms. The van der Waals surface area contributed by atoms with Gasteiger partial charge in [0, 0.05) is 18.9 Å². The Kier molecular flexibility index (Phi) is 3.87. The Labute approximate surface area is 85.3 Å². The minimum Gasteiger partial charge on any atom is -0.316 e. The fourth-order valence-corrected chi connectivity index (χ4v) is 2.53. The van der Waals surface area contributed by atoms with Crippen LogP contribution in [0, 0.1) is 11.8 Å². The van der Waals surface area contributed by atoms with Crippen LogP contribution in [0.3, 0.4) is 0 Å². The van der Waals surface area contributed by atoms with E-state index in [0.29, 0.717) is 30.7 Å². The Bertz CT molecular complexity index is 170. The van der Waals surface area contributed by atoms with E-state index in [1.165, 1.54) is 0 Å². The van der Waals surface area contributed by atoms with Gasteiger partial charge >= 0.3 is 0 Å². The van der Waals surface area contributed by atoms with Crippen molar-refractivity contribution in [3.63, 3.8) is 0 Å². The Morgan fingerprint density at radius 1 is 1.21 bits per heavy atom. The third kappa shape index (κ3) is 2.91. The van der Waals surface area contributed by atoms with E-state index in [-0.39, 0.29) is 12.8 Å². The molecule has 0 aromatic heterocycles. The summed E-state index contributed by atoms with van der Waals surface area (Å²) in [6.07, 6.45) is 1.47. The van der Waals surface area contributed by atoms with Crippen molar-refractivity contribution in [3.05, 3.63) is 0 Å². The van der Waals surface area contributed by atoms with E-state index >= 15 is 0 Å². The van der Waals surface area contributed by atoms with Crippen LogP contribution in [0.2, 0.25) is 0 Å². The molecule has 0 heterocycles. The molecule has 0 aliphatic heterocycles. The Balaban J connectivity index is 2.47. The molecule has 0 radical (unpaired) electrons. The topological polar surface area (TPSA) is 12.0 Å². The molecule has 1 atom stereocenters. The summed E-state index contributed by atoms with van der Waals surface area (Å²) in [6.45, 7) is 4.29. The molecule has 0 aromatic rings. The molecular formula is C11H21F2N. The highest BCUT2D eigenvalue weighted by atomic mass is 19.3. The summed E-state index contributed by atoms with van der Waals surface area (Å²) < 4.78 is 25.9. The lowest BCUT2D eigenvalue weighted by Gasteiger charge is -2.35. The highest BCUT2D eigenvalue weighted by Gasteiger charge is 2.37. The standard InChI is InChI=1S/C11H21F2N/c1-8(2)10(14-3)9-4-6-11(12,13)7-5-9/h8-10,14H,4-7H2,1-3H3. The molecule has 1 aliphatic carbocycles. The smallest absolute Gasteiger partial charge is 0.248 e. The molecule has 3 heteroatoms. The molecule has 1 unspecified atom stereocenters. The first-order valence-corrected chi connectivity index (χ1v) is 5.51. The summed E-state index contributed by atoms with van der Waals surface area (Å²) >= 11 is 0. The highest BCUT2D eigenvalue weighted by molar-refractivity contribution is 4.85. The summed E-state index contributed by atoms with van der Waals surface area (Å²) in [6, 6.07) is 0.395. The molecule has 0 saturated heterocycles. The zero-order valence-corrected chi connectivity index (χ0v) is 9.32. The van der Waals surface area contributed by atoms with Gasteiger partial charge in [0.25, 0.3) is 0 Å². The predicted molar refractivity (Wildman–Crippen MR) is 54.6 cm³/mol. The van der Waals surface area contributed by atoms with Gasteiger partial charge in [0.2, 0.25) is 5.92 Å². The van der Waals surface area contributed by atoms with Crippen LogP contribution in [0.25, 0.3) is 0 Å². The van der Waals surface area contributed by atoms with Gasteiger partial charge in [-0.25, -0.2) is 8.78 Å². The van der Waals surface area contributed by atoms with Gasteiger partial charge < -0.3 is 5.32 Å². The van der Waals surface area contributed by atoms with Crippen LogP contribution in [0.1, 0.15) is 39.5 Å². The van der Waals surface area contributed by atoms with Crippen molar-refractivity contribution >= 4 is 0 Å². The molecule has 1 aliphatic rings. The molecule has 0 amide bonds. The number of rotatable bonds is 3. The molecule has 84 valence electrons. The van der Waals surface area contributed by atoms with Crippen LogP contribution >= 0.6 is 0 Å². The Hall–Kier alpha value is -0.180. The van der Waals surface area contributed by atoms with E-state index in [2.05, 4.69) is 19.2 Å². The number of halogens is 2. The van der Waals surface area contributed by atoms with Crippen molar-refractivity contribution in [2.45, 2.75) is 51.5 Å². The molecule has 1 fully saturated rings. The van der Waals surface area contributed by atoms with Gasteiger partial charge in [0.05, 0.1) is 0 Å². The van der Waals surface area contributed by atoms with Gasteiger partial charge in [0.15, 0.2) is 0 Å². The fourth-order valence-electron chi connectivity index (χ4n) is 2.53. The average molecular weight is 205 g/mol. The maximum atomic E-state index is 12.9. The van der Waals surface area contributed by atoms with Gasteiger partial charge in [0.1, 0.15) is 0 Å². The molecular weight excluding hydrogens is 184 g/mol. The van der Waals surface area contributed by atoms with Gasteiger partial charge in [-0.1, -0.05) is 13.8 Å². The zero-order valence-electron chi connectivity index (χ0n) is 9.32. The van der Waals surface area contributed by atoms with Crippen molar-refractivity contribution in [3.8, 4) is 0 Å². The Morgan fingerprint density at radius 2 is 1.71 bits per heavy atom. The van der Waals surface area contributed by atoms with Gasteiger partial charge in [-0.2, -0.15) is 0 Å². The molecule has 0 aromatic carbocycles. The van der Waals surface area contributed by atoms with Crippen molar-refractivity contribution in [2.24, 2.45) is 11.8 Å². The highest BCUT2D eigenvalue weighted by Crippen LogP contribution is 2.38. The normalized spacial score (nSPS) is 25.3. The summed E-state index contributed by atoms with van der Waals surface area (Å²) in [4.78, 5) is 0. The molecule has 1 rings (SSSR count). The van der Waals surface area contributed by atoms with Gasteiger partial charge in [-0.05, 0) is 31.7 Å². The molecule has 0 bridgehead atoms. The van der Waals surface area contributed by atoms with Crippen LogP contribution in [0.15, 0.2) is 0 Å². The minimum absolute atomic E-state index is 0.0720. The summed E-state index contributed by atoms with van der Waals surface area (Å²) in [7, 11) is 1.93. The van der Waals surface area contributed by atoms with Gasteiger partial charge in [-0.15, -0.1) is 0 Å². The molecule has 1 saturated carbocycles. The van der Waals surface area contributed by atoms with Crippen molar-refractivity contribution in [1.29, 1.82) is 0 Å². The maximum Gasteiger partial charge on any atom is 0.248 e. The molecule has 14 heavy (non-hydrogen) atoms. The first-order valence-electron chi connectivity index (χ1n) is 5.51. The predicted octanol–water partition coefficient (Wildman–Crippen LogP) is 3.06. The number of hydrogen-bond acceptors (Lipinski definition) is 1. The van der Waals surface area contributed by atoms with Crippen LogP contribution in [-0.4, -0.2) is 19.0 Å². The first-order chi connectivity index (χ1) is 6.46. The zero-order chi connectivity index (χ0) is 10.8. The van der Waals surface area contributed by atoms with E-state index in [0.717, 1.165) is 0 Å². The lowest BCUT2D eigenvalue weighted by atomic mass is 9.78. The van der Waals surface area contributed by atoms with Crippen LogP contribution in [-0.2, 0) is 0 Å². The van der Waals surface area contributed by atoms with Crippen LogP contribution in [0.5, 0.6) is 0 Å². The van der Waals surface area contributed by atoms with E-state index in [9.17, 15) is 8.78 Å². The van der Waals surface area contributed by atoms with Gasteiger partial charge in [-0.3, -0.25) is 0 Å². The average Bonchev–Trinajstić information content (AvgIpc) is 2.08. The summed E-state index contributed by atoms with van der Waals surface area (Å²) in [5.74, 6) is -1.44. The van der Waals surface area contributed by atoms with E-state index in [4.69, 9.17) is 0 Å². The van der Waals surface area contributed by atoms with Crippen LogP contribution < -0.4 is 5.32 Å². The summed E-state index contributed by atoms with van der Waals surface area (Å²) in [5, 5.41) is 3.25. The Morgan fingerprint density at radius 3 is 2.07 bits per heavy atom. The number of nitrogens with one attached hydrogen (secondary N) is 1. The van der Waals surface area contributed by atoms with E-state index < -0.39 is 5.92 Å². The second-order valence-electron chi connectivity index (χ2n) is 4.75. The third-order valence-electron chi connectivity index (χ3n) is 3.32. The monoisotopic (exact) mass is 205 g/mol. The lowest BCUT2D eigenvalue weighted by molar-refractivity contribution is -0.0511. The number of hydrogen-bond donors (Lipinski definition) is 1. The first kappa shape index (κ1) is 11.9. The quantitative estimate of drug-likeness (QED) is 0.746. The van der Waals surface area contributed by atoms with Crippen molar-refractivity contribution in [2.75, 3.05) is 7.05 Å².